The molecule has 1 aliphatic carbocycles. The molecular weight excluding hydrogens is 300 g/mol. The van der Waals surface area contributed by atoms with Crippen molar-refractivity contribution in [2.75, 3.05) is 7.11 Å². The van der Waals surface area contributed by atoms with Crippen molar-refractivity contribution in [2.24, 2.45) is 0 Å². The van der Waals surface area contributed by atoms with Crippen LogP contribution in [0, 0.1) is 6.92 Å². The first-order valence-electron chi connectivity index (χ1n) is 9.22. The van der Waals surface area contributed by atoms with E-state index in [4.69, 9.17) is 9.15 Å². The molecule has 3 rings (SSSR count). The zero-order valence-electron chi connectivity index (χ0n) is 15.1. The summed E-state index contributed by atoms with van der Waals surface area (Å²) in [7, 11) is 1.69. The van der Waals surface area contributed by atoms with E-state index in [1.165, 1.54) is 56.9 Å². The van der Waals surface area contributed by atoms with Crippen LogP contribution in [0.4, 0.5) is 0 Å². The molecule has 0 saturated heterocycles. The zero-order valence-corrected chi connectivity index (χ0v) is 15.1. The van der Waals surface area contributed by atoms with E-state index in [-0.39, 0.29) is 11.0 Å². The topological polar surface area (TPSA) is 39.4 Å². The van der Waals surface area contributed by atoms with Crippen molar-refractivity contribution in [1.82, 2.24) is 0 Å². The van der Waals surface area contributed by atoms with E-state index in [2.05, 4.69) is 19.1 Å². The van der Waals surface area contributed by atoms with Crippen LogP contribution in [0.3, 0.4) is 0 Å². The number of rotatable bonds is 5. The first kappa shape index (κ1) is 17.1. The molecule has 0 amide bonds. The zero-order chi connectivity index (χ0) is 17.2. The molecule has 1 fully saturated rings. The van der Waals surface area contributed by atoms with Crippen molar-refractivity contribution in [3.8, 4) is 5.75 Å². The highest BCUT2D eigenvalue weighted by Gasteiger charge is 2.34. The van der Waals surface area contributed by atoms with Crippen LogP contribution >= 0.6 is 0 Å². The van der Waals surface area contributed by atoms with Gasteiger partial charge in [-0.2, -0.15) is 0 Å². The number of hydrogen-bond donors (Lipinski definition) is 0. The lowest BCUT2D eigenvalue weighted by atomic mass is 9.66. The molecular formula is C21H28O3. The Hall–Kier alpha value is -1.77. The number of fused-ring (bicyclic) bond motifs is 1. The molecule has 0 unspecified atom stereocenters. The number of methoxy groups -OCH3 is 1. The summed E-state index contributed by atoms with van der Waals surface area (Å²) in [5.74, 6) is 0.816. The number of hydrogen-bond acceptors (Lipinski definition) is 3. The third kappa shape index (κ3) is 3.09. The Morgan fingerprint density at radius 3 is 2.58 bits per heavy atom. The number of ether oxygens (including phenoxy) is 1. The lowest BCUT2D eigenvalue weighted by Gasteiger charge is -2.38. The average molecular weight is 328 g/mol. The van der Waals surface area contributed by atoms with Crippen LogP contribution in [-0.2, 0) is 5.41 Å². The van der Waals surface area contributed by atoms with Crippen LogP contribution in [-0.4, -0.2) is 7.11 Å². The minimum atomic E-state index is -0.257. The third-order valence-electron chi connectivity index (χ3n) is 5.64. The molecule has 2 aromatic rings. The summed E-state index contributed by atoms with van der Waals surface area (Å²) in [5, 5.41) is 0.889. The van der Waals surface area contributed by atoms with Gasteiger partial charge >= 0.3 is 5.63 Å². The van der Waals surface area contributed by atoms with Gasteiger partial charge < -0.3 is 9.15 Å². The minimum absolute atomic E-state index is 0.208. The molecule has 0 aliphatic heterocycles. The van der Waals surface area contributed by atoms with E-state index in [0.29, 0.717) is 11.1 Å². The average Bonchev–Trinajstić information content (AvgIpc) is 2.61. The predicted molar refractivity (Wildman–Crippen MR) is 98.1 cm³/mol. The number of aryl methyl sites for hydroxylation is 1. The van der Waals surface area contributed by atoms with Crippen LogP contribution in [0.25, 0.3) is 11.0 Å². The van der Waals surface area contributed by atoms with Gasteiger partial charge in [-0.15, -0.1) is 0 Å². The molecule has 0 N–H and O–H groups in total. The molecule has 1 heterocycles. The van der Waals surface area contributed by atoms with Crippen molar-refractivity contribution >= 4 is 11.0 Å². The predicted octanol–water partition coefficient (Wildman–Crippen LogP) is 5.50. The standard InChI is InChI=1S/C21H28O3/c1-4-5-9-21(10-7-6-8-11-21)16-13-18(23-3)17-12-15(2)20(22)24-19(17)14-16/h12-14H,4-11H2,1-3H3. The fourth-order valence-corrected chi connectivity index (χ4v) is 4.19. The first-order valence-corrected chi connectivity index (χ1v) is 9.22. The lowest BCUT2D eigenvalue weighted by Crippen LogP contribution is -2.29. The summed E-state index contributed by atoms with van der Waals surface area (Å²) in [5.41, 5.74) is 2.51. The molecule has 130 valence electrons. The number of unbranched alkanes of at least 4 members (excludes halogenated alkanes) is 1. The van der Waals surface area contributed by atoms with Gasteiger partial charge in [0.25, 0.3) is 0 Å². The molecule has 1 aromatic heterocycles. The fraction of sp³-hybridized carbons (Fsp3) is 0.571. The Balaban J connectivity index is 2.16. The van der Waals surface area contributed by atoms with E-state index in [0.717, 1.165) is 11.1 Å². The highest BCUT2D eigenvalue weighted by atomic mass is 16.5. The van der Waals surface area contributed by atoms with Gasteiger partial charge in [0.15, 0.2) is 0 Å². The van der Waals surface area contributed by atoms with Crippen LogP contribution in [0.5, 0.6) is 5.75 Å². The maximum Gasteiger partial charge on any atom is 0.339 e. The van der Waals surface area contributed by atoms with Crippen molar-refractivity contribution in [2.45, 2.75) is 70.6 Å². The quantitative estimate of drug-likeness (QED) is 0.680. The Labute approximate surface area is 144 Å². The second-order valence-electron chi connectivity index (χ2n) is 7.25. The second-order valence-corrected chi connectivity index (χ2v) is 7.25. The van der Waals surface area contributed by atoms with Gasteiger partial charge in [0.2, 0.25) is 0 Å². The minimum Gasteiger partial charge on any atom is -0.496 e. The molecule has 0 atom stereocenters. The second kappa shape index (κ2) is 7.00. The van der Waals surface area contributed by atoms with Gasteiger partial charge in [0.05, 0.1) is 12.5 Å². The van der Waals surface area contributed by atoms with Crippen LogP contribution in [0.15, 0.2) is 27.4 Å². The molecule has 1 aliphatic rings. The summed E-state index contributed by atoms with van der Waals surface area (Å²) in [6.07, 6.45) is 9.97. The maximum absolute atomic E-state index is 12.0. The Kier molecular flexibility index (Phi) is 4.98. The molecule has 3 nitrogen and oxygen atoms in total. The van der Waals surface area contributed by atoms with Gasteiger partial charge in [-0.05, 0) is 55.4 Å². The Morgan fingerprint density at radius 2 is 1.92 bits per heavy atom. The van der Waals surface area contributed by atoms with Gasteiger partial charge in [-0.25, -0.2) is 4.79 Å². The maximum atomic E-state index is 12.0. The van der Waals surface area contributed by atoms with E-state index in [1.807, 2.05) is 6.07 Å². The normalized spacial score (nSPS) is 17.1. The van der Waals surface area contributed by atoms with Crippen molar-refractivity contribution in [3.05, 3.63) is 39.7 Å². The number of benzene rings is 1. The monoisotopic (exact) mass is 328 g/mol. The van der Waals surface area contributed by atoms with Gasteiger partial charge in [-0.1, -0.05) is 39.0 Å². The third-order valence-corrected chi connectivity index (χ3v) is 5.64. The van der Waals surface area contributed by atoms with E-state index in [9.17, 15) is 4.79 Å². The lowest BCUT2D eigenvalue weighted by molar-refractivity contribution is 0.266. The van der Waals surface area contributed by atoms with Crippen molar-refractivity contribution in [1.29, 1.82) is 0 Å². The summed E-state index contributed by atoms with van der Waals surface area (Å²) in [4.78, 5) is 12.0. The SMILES string of the molecule is CCCCC1(c2cc(OC)c3cc(C)c(=O)oc3c2)CCCCC1. The van der Waals surface area contributed by atoms with E-state index >= 15 is 0 Å². The van der Waals surface area contributed by atoms with Crippen LogP contribution in [0.2, 0.25) is 0 Å². The summed E-state index contributed by atoms with van der Waals surface area (Å²) >= 11 is 0. The summed E-state index contributed by atoms with van der Waals surface area (Å²) < 4.78 is 11.2. The van der Waals surface area contributed by atoms with E-state index in [1.54, 1.807) is 14.0 Å². The summed E-state index contributed by atoms with van der Waals surface area (Å²) in [6.45, 7) is 4.03. The van der Waals surface area contributed by atoms with Crippen molar-refractivity contribution in [3.63, 3.8) is 0 Å². The molecule has 3 heteroatoms. The van der Waals surface area contributed by atoms with Crippen LogP contribution < -0.4 is 10.4 Å². The molecule has 0 bridgehead atoms. The molecule has 1 aromatic carbocycles. The highest BCUT2D eigenvalue weighted by Crippen LogP contribution is 2.45. The Bertz CT molecular complexity index is 766. The van der Waals surface area contributed by atoms with Crippen molar-refractivity contribution < 1.29 is 9.15 Å². The van der Waals surface area contributed by atoms with Gasteiger partial charge in [0, 0.05) is 5.56 Å². The molecule has 24 heavy (non-hydrogen) atoms. The van der Waals surface area contributed by atoms with E-state index < -0.39 is 0 Å². The first-order chi connectivity index (χ1) is 11.6. The Morgan fingerprint density at radius 1 is 1.17 bits per heavy atom. The van der Waals surface area contributed by atoms with Crippen LogP contribution in [0.1, 0.15) is 69.4 Å². The smallest absolute Gasteiger partial charge is 0.339 e. The molecule has 0 radical (unpaired) electrons. The summed E-state index contributed by atoms with van der Waals surface area (Å²) in [6, 6.07) is 6.16. The fourth-order valence-electron chi connectivity index (χ4n) is 4.19. The molecule has 1 saturated carbocycles. The highest BCUT2D eigenvalue weighted by molar-refractivity contribution is 5.85. The van der Waals surface area contributed by atoms with Gasteiger partial charge in [0.1, 0.15) is 11.3 Å². The largest absolute Gasteiger partial charge is 0.496 e. The van der Waals surface area contributed by atoms with Gasteiger partial charge in [-0.3, -0.25) is 0 Å². The molecule has 0 spiro atoms.